The van der Waals surface area contributed by atoms with E-state index in [0.717, 1.165) is 57.5 Å². The van der Waals surface area contributed by atoms with Crippen molar-refractivity contribution in [2.75, 3.05) is 39.6 Å². The van der Waals surface area contributed by atoms with Crippen LogP contribution < -0.4 is 0 Å². The van der Waals surface area contributed by atoms with Gasteiger partial charge in [-0.2, -0.15) is 8.42 Å². The van der Waals surface area contributed by atoms with Crippen LogP contribution >= 0.6 is 0 Å². The van der Waals surface area contributed by atoms with Crippen LogP contribution in [0, 0.1) is 12.8 Å². The predicted octanol–water partition coefficient (Wildman–Crippen LogP) is 9.18. The van der Waals surface area contributed by atoms with Crippen molar-refractivity contribution in [2.45, 2.75) is 147 Å². The standard InChI is InChI=1S/C35H62O6S/c1-3-4-5-6-7-8-9-10-11-12-13-14-15-18-25-38-29-33-28-34(40-30-33)31-39-26-19-16-17-20-27-41-42(36,37)35-23-21-32(2)22-24-35/h21-24,33-34H,3-20,25-31H2,1-2H3. The molecule has 42 heavy (non-hydrogen) atoms. The van der Waals surface area contributed by atoms with Crippen LogP contribution in [0.1, 0.15) is 134 Å². The first-order valence-corrected chi connectivity index (χ1v) is 18.6. The van der Waals surface area contributed by atoms with Gasteiger partial charge in [0.1, 0.15) is 0 Å². The minimum Gasteiger partial charge on any atom is -0.381 e. The third-order valence-corrected chi connectivity index (χ3v) is 9.52. The summed E-state index contributed by atoms with van der Waals surface area (Å²) in [5.74, 6) is 0.487. The number of rotatable bonds is 28. The summed E-state index contributed by atoms with van der Waals surface area (Å²) in [5, 5.41) is 0. The Bertz CT molecular complexity index is 857. The Morgan fingerprint density at radius 1 is 0.667 bits per heavy atom. The molecule has 0 aromatic heterocycles. The second kappa shape index (κ2) is 24.3. The molecule has 1 aromatic rings. The second-order valence-electron chi connectivity index (χ2n) is 12.3. The molecule has 0 saturated carbocycles. The second-order valence-corrected chi connectivity index (χ2v) is 13.9. The van der Waals surface area contributed by atoms with Gasteiger partial charge in [0.2, 0.25) is 0 Å². The topological polar surface area (TPSA) is 71.1 Å². The Hall–Kier alpha value is -0.990. The molecule has 7 heteroatoms. The summed E-state index contributed by atoms with van der Waals surface area (Å²) in [7, 11) is -3.66. The van der Waals surface area contributed by atoms with Gasteiger partial charge in [0.05, 0.1) is 37.4 Å². The molecule has 1 aliphatic heterocycles. The van der Waals surface area contributed by atoms with Gasteiger partial charge < -0.3 is 14.2 Å². The molecule has 1 fully saturated rings. The van der Waals surface area contributed by atoms with Crippen LogP contribution in [0.4, 0.5) is 0 Å². The van der Waals surface area contributed by atoms with Crippen molar-refractivity contribution in [1.82, 2.24) is 0 Å². The first kappa shape index (κ1) is 37.2. The van der Waals surface area contributed by atoms with Crippen molar-refractivity contribution in [1.29, 1.82) is 0 Å². The van der Waals surface area contributed by atoms with E-state index < -0.39 is 10.1 Å². The number of ether oxygens (including phenoxy) is 3. The van der Waals surface area contributed by atoms with Crippen molar-refractivity contribution in [3.8, 4) is 0 Å². The van der Waals surface area contributed by atoms with Crippen molar-refractivity contribution < 1.29 is 26.8 Å². The normalized spacial score (nSPS) is 17.3. The highest BCUT2D eigenvalue weighted by Crippen LogP contribution is 2.21. The van der Waals surface area contributed by atoms with Gasteiger partial charge in [-0.1, -0.05) is 121 Å². The Balaban J connectivity index is 1.30. The molecule has 0 N–H and O–H groups in total. The molecule has 2 unspecified atom stereocenters. The fourth-order valence-corrected chi connectivity index (χ4v) is 6.42. The molecule has 1 aliphatic rings. The SMILES string of the molecule is CCCCCCCCCCCCCCCCOCC1COC(COCCCCCCOS(=O)(=O)c2ccc(C)cc2)C1. The van der Waals surface area contributed by atoms with Crippen LogP contribution in [0.3, 0.4) is 0 Å². The molecule has 2 rings (SSSR count). The molecule has 1 aromatic carbocycles. The molecule has 0 aliphatic carbocycles. The Labute approximate surface area is 258 Å². The fraction of sp³-hybridized carbons (Fsp3) is 0.829. The lowest BCUT2D eigenvalue weighted by atomic mass is 10.0. The minimum atomic E-state index is -3.66. The maximum atomic E-state index is 12.2. The monoisotopic (exact) mass is 610 g/mol. The molecular formula is C35H62O6S. The molecule has 1 saturated heterocycles. The van der Waals surface area contributed by atoms with Crippen LogP contribution in [0.25, 0.3) is 0 Å². The van der Waals surface area contributed by atoms with Gasteiger partial charge in [0.15, 0.2) is 0 Å². The first-order chi connectivity index (χ1) is 20.5. The summed E-state index contributed by atoms with van der Waals surface area (Å²) in [6.45, 7) is 8.24. The van der Waals surface area contributed by atoms with Crippen LogP contribution in [-0.4, -0.2) is 54.2 Å². The van der Waals surface area contributed by atoms with Gasteiger partial charge >= 0.3 is 0 Å². The third kappa shape index (κ3) is 18.6. The predicted molar refractivity (Wildman–Crippen MR) is 173 cm³/mol. The van der Waals surface area contributed by atoms with E-state index >= 15 is 0 Å². The summed E-state index contributed by atoms with van der Waals surface area (Å²) < 4.78 is 47.2. The maximum Gasteiger partial charge on any atom is 0.296 e. The number of hydrogen-bond acceptors (Lipinski definition) is 6. The average Bonchev–Trinajstić information content (AvgIpc) is 3.43. The van der Waals surface area contributed by atoms with Crippen LogP contribution in [0.15, 0.2) is 29.2 Å². The minimum absolute atomic E-state index is 0.181. The molecule has 244 valence electrons. The van der Waals surface area contributed by atoms with Crippen LogP contribution in [0.5, 0.6) is 0 Å². The van der Waals surface area contributed by atoms with Crippen molar-refractivity contribution >= 4 is 10.1 Å². The van der Waals surface area contributed by atoms with Crippen molar-refractivity contribution in [3.05, 3.63) is 29.8 Å². The van der Waals surface area contributed by atoms with Crippen LogP contribution in [0.2, 0.25) is 0 Å². The van der Waals surface area contributed by atoms with Crippen LogP contribution in [-0.2, 0) is 28.5 Å². The summed E-state index contributed by atoms with van der Waals surface area (Å²) in [5.41, 5.74) is 1.02. The fourth-order valence-electron chi connectivity index (χ4n) is 5.48. The quantitative estimate of drug-likeness (QED) is 0.0696. The van der Waals surface area contributed by atoms with E-state index in [9.17, 15) is 8.42 Å². The number of unbranched alkanes of at least 4 members (excludes halogenated alkanes) is 16. The molecule has 6 nitrogen and oxygen atoms in total. The van der Waals surface area contributed by atoms with E-state index in [-0.39, 0.29) is 17.6 Å². The zero-order valence-electron chi connectivity index (χ0n) is 27.0. The third-order valence-electron chi connectivity index (χ3n) is 8.19. The molecule has 0 radical (unpaired) electrons. The summed E-state index contributed by atoms with van der Waals surface area (Å²) in [4.78, 5) is 0.217. The zero-order valence-corrected chi connectivity index (χ0v) is 27.8. The van der Waals surface area contributed by atoms with Gasteiger partial charge in [-0.25, -0.2) is 0 Å². The van der Waals surface area contributed by atoms with Gasteiger partial charge in [-0.3, -0.25) is 4.18 Å². The van der Waals surface area contributed by atoms with Crippen molar-refractivity contribution in [2.24, 2.45) is 5.92 Å². The number of benzene rings is 1. The highest BCUT2D eigenvalue weighted by molar-refractivity contribution is 7.86. The van der Waals surface area contributed by atoms with Gasteiger partial charge in [-0.15, -0.1) is 0 Å². The van der Waals surface area contributed by atoms with E-state index in [4.69, 9.17) is 18.4 Å². The Morgan fingerprint density at radius 2 is 1.14 bits per heavy atom. The Kier molecular flexibility index (Phi) is 21.6. The zero-order chi connectivity index (χ0) is 30.1. The van der Waals surface area contributed by atoms with E-state index in [0.29, 0.717) is 19.1 Å². The van der Waals surface area contributed by atoms with Gasteiger partial charge in [-0.05, 0) is 44.7 Å². The lowest BCUT2D eigenvalue weighted by Crippen LogP contribution is -2.15. The molecule has 0 bridgehead atoms. The number of aryl methyl sites for hydroxylation is 1. The Morgan fingerprint density at radius 3 is 1.69 bits per heavy atom. The number of hydrogen-bond donors (Lipinski definition) is 0. The summed E-state index contributed by atoms with van der Waals surface area (Å²) >= 11 is 0. The molecule has 1 heterocycles. The van der Waals surface area contributed by atoms with Crippen molar-refractivity contribution in [3.63, 3.8) is 0 Å². The highest BCUT2D eigenvalue weighted by Gasteiger charge is 2.25. The molecule has 0 amide bonds. The van der Waals surface area contributed by atoms with E-state index in [1.54, 1.807) is 24.3 Å². The summed E-state index contributed by atoms with van der Waals surface area (Å²) in [6, 6.07) is 6.74. The highest BCUT2D eigenvalue weighted by atomic mass is 32.2. The maximum absolute atomic E-state index is 12.2. The average molecular weight is 611 g/mol. The van der Waals surface area contributed by atoms with E-state index in [2.05, 4.69) is 6.92 Å². The summed E-state index contributed by atoms with van der Waals surface area (Å²) in [6.07, 6.45) is 24.1. The smallest absolute Gasteiger partial charge is 0.296 e. The van der Waals surface area contributed by atoms with E-state index in [1.807, 2.05) is 6.92 Å². The molecule has 2 atom stereocenters. The largest absolute Gasteiger partial charge is 0.381 e. The first-order valence-electron chi connectivity index (χ1n) is 17.2. The molecular weight excluding hydrogens is 548 g/mol. The van der Waals surface area contributed by atoms with E-state index in [1.165, 1.54) is 89.9 Å². The van der Waals surface area contributed by atoms with Gasteiger partial charge in [0, 0.05) is 19.1 Å². The lowest BCUT2D eigenvalue weighted by molar-refractivity contribution is 0.0140. The van der Waals surface area contributed by atoms with Gasteiger partial charge in [0.25, 0.3) is 10.1 Å². The lowest BCUT2D eigenvalue weighted by Gasteiger charge is -2.11. The molecule has 0 spiro atoms.